The fourth-order valence-electron chi connectivity index (χ4n) is 3.57. The average Bonchev–Trinajstić information content (AvgIpc) is 2.88. The van der Waals surface area contributed by atoms with Crippen molar-refractivity contribution < 1.29 is 9.53 Å². The Kier molecular flexibility index (Phi) is 8.10. The van der Waals surface area contributed by atoms with Crippen LogP contribution in [0.3, 0.4) is 0 Å². The topological polar surface area (TPSA) is 106 Å². The number of amides is 1. The van der Waals surface area contributed by atoms with E-state index in [0.29, 0.717) is 45.0 Å². The second-order valence-corrected chi connectivity index (χ2v) is 7.80. The molecule has 0 aliphatic carbocycles. The Balaban J connectivity index is 1.37. The fraction of sp³-hybridized carbons (Fsp3) is 0.231. The highest BCUT2D eigenvalue weighted by atomic mass is 16.5. The van der Waals surface area contributed by atoms with Gasteiger partial charge in [0, 0.05) is 50.5 Å². The molecule has 34 heavy (non-hydrogen) atoms. The Morgan fingerprint density at radius 2 is 1.68 bits per heavy atom. The van der Waals surface area contributed by atoms with Crippen molar-refractivity contribution in [1.29, 1.82) is 0 Å². The standard InChI is InChI=1S/C26H28N6O2/c27-11-16-34-23-8-10-24-20(17-23)7-9-25(31-24)26(33)30-14-15-32(18-21-5-1-3-12-28-21)19-22-6-2-4-13-29-22/h1-10,12-13,17H,11,14-16,18-19,27H2,(H,30,33). The van der Waals surface area contributed by atoms with E-state index in [1.54, 1.807) is 18.5 Å². The minimum absolute atomic E-state index is 0.207. The smallest absolute Gasteiger partial charge is 0.269 e. The first kappa shape index (κ1) is 23.3. The molecular weight excluding hydrogens is 428 g/mol. The molecule has 1 amide bonds. The molecule has 3 heterocycles. The molecule has 174 valence electrons. The molecule has 0 spiro atoms. The van der Waals surface area contributed by atoms with Gasteiger partial charge in [0.2, 0.25) is 0 Å². The Bertz CT molecular complexity index is 1160. The molecule has 0 atom stereocenters. The number of nitrogens with two attached hydrogens (primary N) is 1. The van der Waals surface area contributed by atoms with E-state index >= 15 is 0 Å². The van der Waals surface area contributed by atoms with E-state index in [4.69, 9.17) is 10.5 Å². The molecule has 4 rings (SSSR count). The van der Waals surface area contributed by atoms with Gasteiger partial charge in [0.25, 0.3) is 5.91 Å². The Hall–Kier alpha value is -3.88. The number of fused-ring (bicyclic) bond motifs is 1. The largest absolute Gasteiger partial charge is 0.492 e. The molecule has 8 nitrogen and oxygen atoms in total. The van der Waals surface area contributed by atoms with Crippen molar-refractivity contribution >= 4 is 16.8 Å². The molecule has 4 aromatic rings. The second kappa shape index (κ2) is 11.8. The third-order valence-electron chi connectivity index (χ3n) is 5.22. The number of nitrogens with one attached hydrogen (secondary N) is 1. The van der Waals surface area contributed by atoms with Gasteiger partial charge < -0.3 is 15.8 Å². The minimum Gasteiger partial charge on any atom is -0.492 e. The summed E-state index contributed by atoms with van der Waals surface area (Å²) in [4.78, 5) is 28.3. The van der Waals surface area contributed by atoms with Crippen LogP contribution in [0.15, 0.2) is 79.1 Å². The summed E-state index contributed by atoms with van der Waals surface area (Å²) in [6.45, 7) is 3.36. The number of hydrogen-bond donors (Lipinski definition) is 2. The first-order valence-corrected chi connectivity index (χ1v) is 11.3. The maximum Gasteiger partial charge on any atom is 0.269 e. The summed E-state index contributed by atoms with van der Waals surface area (Å²) in [7, 11) is 0. The van der Waals surface area contributed by atoms with Gasteiger partial charge in [-0.25, -0.2) is 4.98 Å². The summed E-state index contributed by atoms with van der Waals surface area (Å²) in [5, 5.41) is 3.89. The normalized spacial score (nSPS) is 11.0. The highest BCUT2D eigenvalue weighted by Gasteiger charge is 2.12. The summed E-state index contributed by atoms with van der Waals surface area (Å²) in [5.41, 5.74) is 8.54. The SMILES string of the molecule is NCCOc1ccc2nc(C(=O)NCCN(Cc3ccccn3)Cc3ccccn3)ccc2c1. The summed E-state index contributed by atoms with van der Waals surface area (Å²) in [6, 6.07) is 20.9. The monoisotopic (exact) mass is 456 g/mol. The highest BCUT2D eigenvalue weighted by molar-refractivity contribution is 5.95. The van der Waals surface area contributed by atoms with Crippen LogP contribution in [0, 0.1) is 0 Å². The molecule has 0 fully saturated rings. The van der Waals surface area contributed by atoms with E-state index in [1.165, 1.54) is 0 Å². The number of ether oxygens (including phenoxy) is 1. The van der Waals surface area contributed by atoms with Gasteiger partial charge in [0.15, 0.2) is 0 Å². The van der Waals surface area contributed by atoms with Crippen LogP contribution in [0.5, 0.6) is 5.75 Å². The Morgan fingerprint density at radius 3 is 2.32 bits per heavy atom. The maximum atomic E-state index is 12.7. The number of carbonyl (C=O) groups excluding carboxylic acids is 1. The van der Waals surface area contributed by atoms with E-state index in [0.717, 1.165) is 28.0 Å². The number of hydrogen-bond acceptors (Lipinski definition) is 7. The van der Waals surface area contributed by atoms with Crippen LogP contribution in [0.1, 0.15) is 21.9 Å². The molecule has 3 aromatic heterocycles. The van der Waals surface area contributed by atoms with Crippen molar-refractivity contribution in [1.82, 2.24) is 25.2 Å². The molecule has 0 aliphatic rings. The number of nitrogens with zero attached hydrogens (tertiary/aromatic N) is 4. The zero-order valence-electron chi connectivity index (χ0n) is 18.9. The van der Waals surface area contributed by atoms with Crippen LogP contribution in [0.4, 0.5) is 0 Å². The first-order chi connectivity index (χ1) is 16.7. The highest BCUT2D eigenvalue weighted by Crippen LogP contribution is 2.20. The predicted octanol–water partition coefficient (Wildman–Crippen LogP) is 2.79. The molecule has 0 aliphatic heterocycles. The molecule has 1 aromatic carbocycles. The summed E-state index contributed by atoms with van der Waals surface area (Å²) in [6.07, 6.45) is 3.57. The zero-order chi connectivity index (χ0) is 23.6. The van der Waals surface area contributed by atoms with Gasteiger partial charge >= 0.3 is 0 Å². The summed E-state index contributed by atoms with van der Waals surface area (Å²) >= 11 is 0. The van der Waals surface area contributed by atoms with Gasteiger partial charge in [-0.2, -0.15) is 0 Å². The van der Waals surface area contributed by atoms with Crippen LogP contribution in [-0.4, -0.2) is 52.0 Å². The molecular formula is C26H28N6O2. The minimum atomic E-state index is -0.207. The Labute approximate surface area is 198 Å². The molecule has 0 bridgehead atoms. The van der Waals surface area contributed by atoms with Crippen molar-refractivity contribution in [2.45, 2.75) is 13.1 Å². The lowest BCUT2D eigenvalue weighted by molar-refractivity contribution is 0.0942. The van der Waals surface area contributed by atoms with E-state index in [9.17, 15) is 4.79 Å². The molecule has 0 unspecified atom stereocenters. The number of benzene rings is 1. The number of rotatable bonds is 11. The zero-order valence-corrected chi connectivity index (χ0v) is 18.9. The van der Waals surface area contributed by atoms with Gasteiger partial charge in [-0.05, 0) is 48.5 Å². The summed E-state index contributed by atoms with van der Waals surface area (Å²) in [5.74, 6) is 0.527. The molecule has 8 heteroatoms. The van der Waals surface area contributed by atoms with Crippen molar-refractivity contribution in [3.8, 4) is 5.75 Å². The van der Waals surface area contributed by atoms with Gasteiger partial charge in [-0.1, -0.05) is 18.2 Å². The lowest BCUT2D eigenvalue weighted by Gasteiger charge is -2.21. The van der Waals surface area contributed by atoms with E-state index in [2.05, 4.69) is 25.2 Å². The van der Waals surface area contributed by atoms with Gasteiger partial charge in [0.05, 0.1) is 16.9 Å². The number of pyridine rings is 3. The van der Waals surface area contributed by atoms with Crippen LogP contribution < -0.4 is 15.8 Å². The van der Waals surface area contributed by atoms with E-state index in [1.807, 2.05) is 60.7 Å². The molecule has 0 saturated heterocycles. The van der Waals surface area contributed by atoms with Gasteiger partial charge in [-0.3, -0.25) is 19.7 Å². The van der Waals surface area contributed by atoms with Crippen molar-refractivity contribution in [2.24, 2.45) is 5.73 Å². The van der Waals surface area contributed by atoms with Crippen molar-refractivity contribution in [3.05, 3.63) is 96.2 Å². The Morgan fingerprint density at radius 1 is 0.941 bits per heavy atom. The van der Waals surface area contributed by atoms with Crippen LogP contribution in [-0.2, 0) is 13.1 Å². The first-order valence-electron chi connectivity index (χ1n) is 11.3. The molecule has 3 N–H and O–H groups in total. The van der Waals surface area contributed by atoms with Crippen molar-refractivity contribution in [3.63, 3.8) is 0 Å². The van der Waals surface area contributed by atoms with Crippen LogP contribution in [0.25, 0.3) is 10.9 Å². The lowest BCUT2D eigenvalue weighted by atomic mass is 10.2. The van der Waals surface area contributed by atoms with Crippen molar-refractivity contribution in [2.75, 3.05) is 26.2 Å². The maximum absolute atomic E-state index is 12.7. The van der Waals surface area contributed by atoms with Gasteiger partial charge in [-0.15, -0.1) is 0 Å². The van der Waals surface area contributed by atoms with Gasteiger partial charge in [0.1, 0.15) is 18.1 Å². The average molecular weight is 457 g/mol. The predicted molar refractivity (Wildman–Crippen MR) is 131 cm³/mol. The number of aromatic nitrogens is 3. The number of carbonyl (C=O) groups is 1. The van der Waals surface area contributed by atoms with Crippen LogP contribution >= 0.6 is 0 Å². The van der Waals surface area contributed by atoms with E-state index < -0.39 is 0 Å². The third-order valence-corrected chi connectivity index (χ3v) is 5.22. The second-order valence-electron chi connectivity index (χ2n) is 7.80. The van der Waals surface area contributed by atoms with Crippen LogP contribution in [0.2, 0.25) is 0 Å². The fourth-order valence-corrected chi connectivity index (χ4v) is 3.57. The third kappa shape index (κ3) is 6.57. The molecule has 0 saturated carbocycles. The summed E-state index contributed by atoms with van der Waals surface area (Å²) < 4.78 is 5.56. The lowest BCUT2D eigenvalue weighted by Crippen LogP contribution is -2.35. The quantitative estimate of drug-likeness (QED) is 0.357. The molecule has 0 radical (unpaired) electrons. The van der Waals surface area contributed by atoms with E-state index in [-0.39, 0.29) is 5.91 Å².